The third-order valence-electron chi connectivity index (χ3n) is 3.32. The molecule has 4 nitrogen and oxygen atoms in total. The van der Waals surface area contributed by atoms with Crippen molar-refractivity contribution in [1.29, 1.82) is 0 Å². The fourth-order valence-electron chi connectivity index (χ4n) is 2.78. The van der Waals surface area contributed by atoms with Crippen molar-refractivity contribution in [2.24, 2.45) is 11.8 Å². The molecule has 4 heteroatoms. The van der Waals surface area contributed by atoms with Crippen LogP contribution in [-0.2, 0) is 19.0 Å². The van der Waals surface area contributed by atoms with Gasteiger partial charge in [0.15, 0.2) is 5.79 Å². The Balaban J connectivity index is 1.90. The predicted molar refractivity (Wildman–Crippen MR) is 46.4 cm³/mol. The van der Waals surface area contributed by atoms with Crippen LogP contribution in [0.5, 0.6) is 0 Å². The maximum atomic E-state index is 11.4. The molecule has 0 unspecified atom stereocenters. The Kier molecular flexibility index (Phi) is 1.55. The van der Waals surface area contributed by atoms with E-state index >= 15 is 0 Å². The van der Waals surface area contributed by atoms with Crippen molar-refractivity contribution in [3.05, 3.63) is 0 Å². The van der Waals surface area contributed by atoms with Gasteiger partial charge >= 0.3 is 5.97 Å². The van der Waals surface area contributed by atoms with E-state index in [1.165, 1.54) is 0 Å². The molecule has 2 saturated heterocycles. The number of carbonyl (C=O) groups is 1. The normalized spacial score (nSPS) is 48.9. The zero-order chi connectivity index (χ0) is 9.92. The van der Waals surface area contributed by atoms with E-state index in [1.807, 2.05) is 13.8 Å². The van der Waals surface area contributed by atoms with Crippen LogP contribution in [0.1, 0.15) is 20.3 Å². The molecule has 0 aromatic heterocycles. The van der Waals surface area contributed by atoms with Gasteiger partial charge in [0.2, 0.25) is 0 Å². The summed E-state index contributed by atoms with van der Waals surface area (Å²) in [7, 11) is 0. The summed E-state index contributed by atoms with van der Waals surface area (Å²) < 4.78 is 16.6. The monoisotopic (exact) mass is 198 g/mol. The highest BCUT2D eigenvalue weighted by atomic mass is 16.8. The molecule has 2 aliphatic heterocycles. The molecule has 2 bridgehead atoms. The van der Waals surface area contributed by atoms with Crippen LogP contribution in [0.15, 0.2) is 0 Å². The Morgan fingerprint density at radius 1 is 1.29 bits per heavy atom. The van der Waals surface area contributed by atoms with Crippen molar-refractivity contribution in [1.82, 2.24) is 0 Å². The van der Waals surface area contributed by atoms with E-state index in [0.717, 1.165) is 6.42 Å². The summed E-state index contributed by atoms with van der Waals surface area (Å²) in [5, 5.41) is 0. The maximum Gasteiger partial charge on any atom is 0.311 e. The van der Waals surface area contributed by atoms with Gasteiger partial charge in [0.05, 0.1) is 18.6 Å². The van der Waals surface area contributed by atoms with E-state index in [9.17, 15) is 4.79 Å². The average molecular weight is 198 g/mol. The van der Waals surface area contributed by atoms with Crippen molar-refractivity contribution in [3.8, 4) is 0 Å². The van der Waals surface area contributed by atoms with Crippen LogP contribution < -0.4 is 0 Å². The second-order valence-corrected chi connectivity index (χ2v) is 4.80. The SMILES string of the molecule is CC1(C)O[C@@H]2[C@H]3COC(=O)[C@H](C3)[C@@H]2O1. The lowest BCUT2D eigenvalue weighted by atomic mass is 10.0. The Morgan fingerprint density at radius 2 is 2.00 bits per heavy atom. The summed E-state index contributed by atoms with van der Waals surface area (Å²) in [6, 6.07) is 0. The minimum atomic E-state index is -0.538. The van der Waals surface area contributed by atoms with E-state index in [0.29, 0.717) is 12.5 Å². The number of ether oxygens (including phenoxy) is 3. The van der Waals surface area contributed by atoms with Crippen LogP contribution in [0.4, 0.5) is 0 Å². The number of esters is 1. The second kappa shape index (κ2) is 2.49. The highest BCUT2D eigenvalue weighted by Gasteiger charge is 2.58. The average Bonchev–Trinajstić information content (AvgIpc) is 2.53. The molecule has 3 aliphatic rings. The van der Waals surface area contributed by atoms with E-state index in [2.05, 4.69) is 0 Å². The van der Waals surface area contributed by atoms with Crippen LogP contribution in [0, 0.1) is 11.8 Å². The number of carbonyl (C=O) groups excluding carboxylic acids is 1. The fraction of sp³-hybridized carbons (Fsp3) is 0.900. The van der Waals surface area contributed by atoms with Crippen LogP contribution in [0.25, 0.3) is 0 Å². The summed E-state index contributed by atoms with van der Waals surface area (Å²) in [4.78, 5) is 11.4. The van der Waals surface area contributed by atoms with Gasteiger partial charge in [-0.05, 0) is 20.3 Å². The lowest BCUT2D eigenvalue weighted by molar-refractivity contribution is -0.182. The van der Waals surface area contributed by atoms with Gasteiger partial charge in [-0.15, -0.1) is 0 Å². The predicted octanol–water partition coefficient (Wildman–Crippen LogP) is 0.699. The molecule has 0 N–H and O–H groups in total. The van der Waals surface area contributed by atoms with Crippen LogP contribution >= 0.6 is 0 Å². The van der Waals surface area contributed by atoms with Gasteiger partial charge < -0.3 is 14.2 Å². The van der Waals surface area contributed by atoms with Crippen molar-refractivity contribution in [2.45, 2.75) is 38.3 Å². The minimum absolute atomic E-state index is 0.0569. The van der Waals surface area contributed by atoms with Crippen molar-refractivity contribution < 1.29 is 19.0 Å². The molecule has 2 heterocycles. The molecule has 3 rings (SSSR count). The van der Waals surface area contributed by atoms with Crippen molar-refractivity contribution >= 4 is 5.97 Å². The molecule has 1 saturated carbocycles. The van der Waals surface area contributed by atoms with Gasteiger partial charge in [-0.25, -0.2) is 0 Å². The quantitative estimate of drug-likeness (QED) is 0.537. The smallest absolute Gasteiger partial charge is 0.311 e. The number of fused-ring (bicyclic) bond motifs is 5. The van der Waals surface area contributed by atoms with Crippen LogP contribution in [0.2, 0.25) is 0 Å². The number of hydrogen-bond donors (Lipinski definition) is 0. The van der Waals surface area contributed by atoms with Gasteiger partial charge in [-0.2, -0.15) is 0 Å². The van der Waals surface area contributed by atoms with Gasteiger partial charge in [0.25, 0.3) is 0 Å². The van der Waals surface area contributed by atoms with E-state index in [4.69, 9.17) is 14.2 Å². The molecule has 1 aliphatic carbocycles. The van der Waals surface area contributed by atoms with Gasteiger partial charge in [0, 0.05) is 5.92 Å². The van der Waals surface area contributed by atoms with E-state index < -0.39 is 5.79 Å². The first-order valence-electron chi connectivity index (χ1n) is 5.09. The van der Waals surface area contributed by atoms with Gasteiger partial charge in [-0.1, -0.05) is 0 Å². The standard InChI is InChI=1S/C10H14O4/c1-10(2)13-7-5-3-6(8(7)14-10)9(11)12-4-5/h5-8H,3-4H2,1-2H3/t5-,6-,7-,8+/m1/s1. The molecular formula is C10H14O4. The highest BCUT2D eigenvalue weighted by Crippen LogP contribution is 2.47. The first-order chi connectivity index (χ1) is 6.57. The highest BCUT2D eigenvalue weighted by molar-refractivity contribution is 5.75. The number of hydrogen-bond acceptors (Lipinski definition) is 4. The van der Waals surface area contributed by atoms with Crippen LogP contribution in [-0.4, -0.2) is 30.6 Å². The largest absolute Gasteiger partial charge is 0.465 e. The van der Waals surface area contributed by atoms with Gasteiger partial charge in [-0.3, -0.25) is 4.79 Å². The van der Waals surface area contributed by atoms with E-state index in [-0.39, 0.29) is 24.1 Å². The summed E-state index contributed by atoms with van der Waals surface area (Å²) in [5.74, 6) is -0.413. The number of cyclic esters (lactones) is 1. The molecular weight excluding hydrogens is 184 g/mol. The molecule has 0 aromatic carbocycles. The Bertz CT molecular complexity index is 286. The molecule has 4 atom stereocenters. The van der Waals surface area contributed by atoms with E-state index in [1.54, 1.807) is 0 Å². The molecule has 0 aromatic rings. The molecule has 3 fully saturated rings. The Hall–Kier alpha value is -0.610. The van der Waals surface area contributed by atoms with Gasteiger partial charge in [0.1, 0.15) is 6.10 Å². The lowest BCUT2D eigenvalue weighted by Crippen LogP contribution is -2.32. The number of rotatable bonds is 0. The second-order valence-electron chi connectivity index (χ2n) is 4.80. The van der Waals surface area contributed by atoms with Crippen molar-refractivity contribution in [3.63, 3.8) is 0 Å². The Morgan fingerprint density at radius 3 is 2.79 bits per heavy atom. The summed E-state index contributed by atoms with van der Waals surface area (Å²) in [5.41, 5.74) is 0. The molecule has 14 heavy (non-hydrogen) atoms. The zero-order valence-electron chi connectivity index (χ0n) is 8.36. The molecule has 0 spiro atoms. The molecule has 0 radical (unpaired) electrons. The maximum absolute atomic E-state index is 11.4. The first-order valence-corrected chi connectivity index (χ1v) is 5.09. The Labute approximate surface area is 82.5 Å². The molecule has 0 amide bonds. The molecule has 78 valence electrons. The summed E-state index contributed by atoms with van der Waals surface area (Å²) in [6.45, 7) is 4.29. The van der Waals surface area contributed by atoms with Crippen molar-refractivity contribution in [2.75, 3.05) is 6.61 Å². The third-order valence-corrected chi connectivity index (χ3v) is 3.32. The zero-order valence-corrected chi connectivity index (χ0v) is 8.36. The third kappa shape index (κ3) is 1.04. The fourth-order valence-corrected chi connectivity index (χ4v) is 2.78. The summed E-state index contributed by atoms with van der Waals surface area (Å²) in [6.07, 6.45) is 0.844. The lowest BCUT2D eigenvalue weighted by Gasteiger charge is -2.25. The summed E-state index contributed by atoms with van der Waals surface area (Å²) >= 11 is 0. The first kappa shape index (κ1) is 8.68. The van der Waals surface area contributed by atoms with Crippen LogP contribution in [0.3, 0.4) is 0 Å². The topological polar surface area (TPSA) is 44.8 Å². The minimum Gasteiger partial charge on any atom is -0.465 e.